The van der Waals surface area contributed by atoms with E-state index < -0.39 is 23.9 Å². The van der Waals surface area contributed by atoms with E-state index in [9.17, 15) is 28.8 Å². The van der Waals surface area contributed by atoms with Crippen molar-refractivity contribution < 1.29 is 47.7 Å². The first-order valence-electron chi connectivity index (χ1n) is 25.0. The van der Waals surface area contributed by atoms with E-state index in [1.165, 1.54) is 21.1 Å². The highest BCUT2D eigenvalue weighted by molar-refractivity contribution is 6.15. The van der Waals surface area contributed by atoms with E-state index in [2.05, 4.69) is 21.3 Å². The zero-order chi connectivity index (χ0) is 52.2. The van der Waals surface area contributed by atoms with Gasteiger partial charge in [0.05, 0.1) is 48.8 Å². The van der Waals surface area contributed by atoms with Crippen LogP contribution in [0.3, 0.4) is 0 Å². The predicted molar refractivity (Wildman–Crippen MR) is 281 cm³/mol. The minimum absolute atomic E-state index is 0.00146. The molecule has 9 rings (SSSR count). The number of ketones is 1. The topological polar surface area (TPSA) is 206 Å². The van der Waals surface area contributed by atoms with E-state index in [1.54, 1.807) is 68.3 Å². The maximum absolute atomic E-state index is 14.1. The minimum atomic E-state index is -1.02. The third kappa shape index (κ3) is 10.8. The molecule has 17 nitrogen and oxygen atoms in total. The molecular weight excluding hydrogens is 943 g/mol. The van der Waals surface area contributed by atoms with Gasteiger partial charge in [0, 0.05) is 61.2 Å². The number of methoxy groups -OCH3 is 2. The largest absolute Gasteiger partial charge is 0.493 e. The molecule has 74 heavy (non-hydrogen) atoms. The summed E-state index contributed by atoms with van der Waals surface area (Å²) < 4.78 is 24.5. The fourth-order valence-corrected chi connectivity index (χ4v) is 9.98. The van der Waals surface area contributed by atoms with Crippen molar-refractivity contribution in [2.24, 2.45) is 10.9 Å². The fraction of sp³-hybridized carbons (Fsp3) is 0.351. The Hall–Kier alpha value is -8.21. The number of unbranched alkanes of at least 4 members (excludes halogenated alkanes) is 1. The number of aliphatic imine (C=N–C) groups is 1. The number of fused-ring (bicyclic) bond motifs is 8. The van der Waals surface area contributed by atoms with E-state index in [-0.39, 0.29) is 61.1 Å². The van der Waals surface area contributed by atoms with Gasteiger partial charge < -0.3 is 49.9 Å². The van der Waals surface area contributed by atoms with Crippen molar-refractivity contribution in [2.75, 3.05) is 41.2 Å². The molecule has 17 heteroatoms. The van der Waals surface area contributed by atoms with Gasteiger partial charge in [0.15, 0.2) is 23.0 Å². The number of benzene rings is 5. The van der Waals surface area contributed by atoms with Crippen LogP contribution in [-0.4, -0.2) is 86.5 Å². The highest BCUT2D eigenvalue weighted by atomic mass is 16.5. The molecule has 0 fully saturated rings. The molecule has 4 heterocycles. The molecule has 4 N–H and O–H groups in total. The molecule has 0 bridgehead atoms. The van der Waals surface area contributed by atoms with Crippen LogP contribution < -0.4 is 50.0 Å². The van der Waals surface area contributed by atoms with E-state index >= 15 is 0 Å². The molecule has 0 spiro atoms. The van der Waals surface area contributed by atoms with Crippen LogP contribution in [0.2, 0.25) is 0 Å². The maximum Gasteiger partial charge on any atom is 0.261 e. The van der Waals surface area contributed by atoms with Crippen LogP contribution in [0.15, 0.2) is 96.0 Å². The Morgan fingerprint density at radius 3 is 1.97 bits per heavy atom. The summed E-state index contributed by atoms with van der Waals surface area (Å²) in [6, 6.07) is 25.7. The highest BCUT2D eigenvalue weighted by Gasteiger charge is 2.39. The lowest BCUT2D eigenvalue weighted by Crippen LogP contribution is -2.53. The van der Waals surface area contributed by atoms with Gasteiger partial charge in [0.25, 0.3) is 11.8 Å². The Morgan fingerprint density at radius 2 is 1.31 bits per heavy atom. The Morgan fingerprint density at radius 1 is 0.703 bits per heavy atom. The molecule has 0 saturated carbocycles. The first kappa shape index (κ1) is 50.7. The number of rotatable bonds is 19. The summed E-state index contributed by atoms with van der Waals surface area (Å²) in [5, 5.41) is 12.0. The van der Waals surface area contributed by atoms with Gasteiger partial charge in [0.2, 0.25) is 17.7 Å². The van der Waals surface area contributed by atoms with Gasteiger partial charge in [-0.25, -0.2) is 0 Å². The van der Waals surface area contributed by atoms with Gasteiger partial charge in [-0.2, -0.15) is 0 Å². The number of nitrogens with one attached hydrogen (secondary N) is 4. The van der Waals surface area contributed by atoms with Crippen molar-refractivity contribution in [1.82, 2.24) is 10.6 Å². The molecule has 0 aromatic heterocycles. The monoisotopic (exact) mass is 1000 g/mol. The molecule has 4 aliphatic heterocycles. The number of para-hydroxylation sites is 2. The van der Waals surface area contributed by atoms with Gasteiger partial charge >= 0.3 is 0 Å². The first-order valence-corrected chi connectivity index (χ1v) is 25.0. The van der Waals surface area contributed by atoms with Crippen LogP contribution in [0.4, 0.5) is 28.4 Å². The average Bonchev–Trinajstić information content (AvgIpc) is 3.88. The van der Waals surface area contributed by atoms with Crippen molar-refractivity contribution in [2.45, 2.75) is 104 Å². The van der Waals surface area contributed by atoms with Crippen LogP contribution in [0.1, 0.15) is 96.3 Å². The third-order valence-corrected chi connectivity index (χ3v) is 13.8. The number of carbonyl (C=O) groups is 6. The Balaban J connectivity index is 0.949. The second-order valence-electron chi connectivity index (χ2n) is 19.5. The van der Waals surface area contributed by atoms with Crippen LogP contribution >= 0.6 is 0 Å². The molecule has 4 aliphatic rings. The quantitative estimate of drug-likeness (QED) is 0.0586. The molecule has 5 amide bonds. The third-order valence-electron chi connectivity index (χ3n) is 13.8. The van der Waals surface area contributed by atoms with Crippen molar-refractivity contribution >= 4 is 70.0 Å². The van der Waals surface area contributed by atoms with Gasteiger partial charge in [-0.3, -0.25) is 33.9 Å². The number of amides is 5. The molecule has 4 atom stereocenters. The van der Waals surface area contributed by atoms with Gasteiger partial charge in [-0.1, -0.05) is 50.2 Å². The Kier molecular flexibility index (Phi) is 15.0. The smallest absolute Gasteiger partial charge is 0.261 e. The van der Waals surface area contributed by atoms with Gasteiger partial charge in [-0.15, -0.1) is 0 Å². The molecule has 0 saturated heterocycles. The standard InChI is InChI=1S/C57H61N7O10/c1-32(2)53(62-52(66)18-12-7-13-33(3)65)55(68)60-34(4)54(67)61-39-20-35(30-73-50-26-44-42(24-48(50)71-5)56(69)63-40(28-58-44)22-37-14-8-10-16-46(37)63)19-36(21-39)31-74-51-27-45-43(25-49(51)72-6)57(70)64-41(29-59-45)23-38-15-9-11-17-47(38)64/h8-11,14-17,19-21,24-28,32,34,40-41,53,59H,7,12-13,18,22-23,29-31H2,1-6H3,(H,60,68)(H,61,67)(H,62,66)/t34-,40-,41-,53-/m0/s1. The molecular formula is C57H61N7O10. The lowest BCUT2D eigenvalue weighted by atomic mass is 10.0. The van der Waals surface area contributed by atoms with E-state index in [4.69, 9.17) is 23.9 Å². The number of hydrogen-bond donors (Lipinski definition) is 4. The zero-order valence-corrected chi connectivity index (χ0v) is 42.4. The van der Waals surface area contributed by atoms with Crippen molar-refractivity contribution in [3.05, 3.63) is 124 Å². The highest BCUT2D eigenvalue weighted by Crippen LogP contribution is 2.43. The van der Waals surface area contributed by atoms with Crippen LogP contribution in [0.5, 0.6) is 23.0 Å². The van der Waals surface area contributed by atoms with Crippen LogP contribution in [0, 0.1) is 5.92 Å². The SMILES string of the molecule is COc1cc2c(cc1OCc1cc(COc3cc4c(cc3OC)C(=O)N3c5ccccc5C[C@H]3CN4)cc(NC(=O)[C@H](C)NC(=O)[C@@H](NC(=O)CCCCC(C)=O)C(C)C)c1)N=C[C@@H]1Cc3ccccc3N1C2=O. The normalized spacial score (nSPS) is 16.7. The zero-order valence-electron chi connectivity index (χ0n) is 42.4. The molecule has 384 valence electrons. The number of anilines is 4. The van der Waals surface area contributed by atoms with Gasteiger partial charge in [0.1, 0.15) is 31.1 Å². The summed E-state index contributed by atoms with van der Waals surface area (Å²) in [5.74, 6) is -0.516. The summed E-state index contributed by atoms with van der Waals surface area (Å²) in [6.07, 6.45) is 4.80. The van der Waals surface area contributed by atoms with E-state index in [1.807, 2.05) is 59.5 Å². The number of ether oxygens (including phenoxy) is 4. The van der Waals surface area contributed by atoms with Crippen molar-refractivity contribution in [3.8, 4) is 23.0 Å². The first-order chi connectivity index (χ1) is 35.7. The summed E-state index contributed by atoms with van der Waals surface area (Å²) >= 11 is 0. The average molecular weight is 1000 g/mol. The second-order valence-corrected chi connectivity index (χ2v) is 19.5. The molecule has 0 radical (unpaired) electrons. The lowest BCUT2D eigenvalue weighted by Gasteiger charge is -2.24. The predicted octanol–water partition coefficient (Wildman–Crippen LogP) is 7.88. The minimum Gasteiger partial charge on any atom is -0.493 e. The maximum atomic E-state index is 14.1. The van der Waals surface area contributed by atoms with E-state index in [0.29, 0.717) is 94.5 Å². The Labute approximate surface area is 430 Å². The van der Waals surface area contributed by atoms with Crippen molar-refractivity contribution in [1.29, 1.82) is 0 Å². The molecule has 0 unspecified atom stereocenters. The number of hydrogen-bond acceptors (Lipinski definition) is 12. The number of carbonyl (C=O) groups excluding carboxylic acids is 6. The van der Waals surface area contributed by atoms with Crippen LogP contribution in [0.25, 0.3) is 0 Å². The van der Waals surface area contributed by atoms with Crippen LogP contribution in [-0.2, 0) is 45.2 Å². The fourth-order valence-electron chi connectivity index (χ4n) is 9.98. The summed E-state index contributed by atoms with van der Waals surface area (Å²) in [4.78, 5) is 88.2. The molecule has 0 aliphatic carbocycles. The number of nitrogens with zero attached hydrogens (tertiary/aromatic N) is 3. The lowest BCUT2D eigenvalue weighted by molar-refractivity contribution is -0.131. The summed E-state index contributed by atoms with van der Waals surface area (Å²) in [6.45, 7) is 7.18. The number of Topliss-reactive ketones (excluding diaryl/α,β-unsaturated/α-hetero) is 1. The molecule has 5 aromatic rings. The van der Waals surface area contributed by atoms with Gasteiger partial charge in [-0.05, 0) is 104 Å². The summed E-state index contributed by atoms with van der Waals surface area (Å²) in [5.41, 5.74) is 7.44. The second kappa shape index (κ2) is 21.9. The van der Waals surface area contributed by atoms with Crippen molar-refractivity contribution in [3.63, 3.8) is 0 Å². The Bertz CT molecular complexity index is 3060. The molecule has 5 aromatic carbocycles. The summed E-state index contributed by atoms with van der Waals surface area (Å²) in [7, 11) is 3.01. The van der Waals surface area contributed by atoms with E-state index in [0.717, 1.165) is 28.9 Å².